The Balaban J connectivity index is 1.45. The van der Waals surface area contributed by atoms with Crippen LogP contribution in [0.5, 0.6) is 0 Å². The summed E-state index contributed by atoms with van der Waals surface area (Å²) < 4.78 is 0. The minimum absolute atomic E-state index is 0.00757. The van der Waals surface area contributed by atoms with Crippen molar-refractivity contribution in [3.63, 3.8) is 0 Å². The highest BCUT2D eigenvalue weighted by Crippen LogP contribution is 2.16. The van der Waals surface area contributed by atoms with Crippen LogP contribution in [0.2, 0.25) is 0 Å². The highest BCUT2D eigenvalue weighted by atomic mass is 32.1. The molecule has 2 aromatic rings. The van der Waals surface area contributed by atoms with E-state index in [1.54, 1.807) is 6.07 Å². The number of nitrogens with one attached hydrogen (secondary N) is 2. The van der Waals surface area contributed by atoms with Gasteiger partial charge in [-0.1, -0.05) is 50.2 Å². The highest BCUT2D eigenvalue weighted by molar-refractivity contribution is 7.12. The summed E-state index contributed by atoms with van der Waals surface area (Å²) in [7, 11) is 0. The quantitative estimate of drug-likeness (QED) is 0.660. The molecule has 7 heteroatoms. The van der Waals surface area contributed by atoms with Crippen LogP contribution < -0.4 is 10.6 Å². The Morgan fingerprint density at radius 1 is 1.06 bits per heavy atom. The summed E-state index contributed by atoms with van der Waals surface area (Å²) >= 11 is 1.36. The van der Waals surface area contributed by atoms with Crippen molar-refractivity contribution in [3.05, 3.63) is 58.3 Å². The molecule has 0 aliphatic carbocycles. The van der Waals surface area contributed by atoms with Crippen molar-refractivity contribution in [2.45, 2.75) is 51.6 Å². The van der Waals surface area contributed by atoms with Gasteiger partial charge in [0.1, 0.15) is 6.04 Å². The molecule has 0 radical (unpaired) electrons. The second kappa shape index (κ2) is 11.1. The van der Waals surface area contributed by atoms with Gasteiger partial charge in [-0.25, -0.2) is 0 Å². The van der Waals surface area contributed by atoms with Gasteiger partial charge in [0, 0.05) is 25.6 Å². The van der Waals surface area contributed by atoms with Gasteiger partial charge >= 0.3 is 0 Å². The first-order valence-electron chi connectivity index (χ1n) is 10.9. The van der Waals surface area contributed by atoms with E-state index in [9.17, 15) is 14.4 Å². The van der Waals surface area contributed by atoms with Crippen molar-refractivity contribution >= 4 is 29.1 Å². The lowest BCUT2D eigenvalue weighted by Crippen LogP contribution is -2.54. The first-order chi connectivity index (χ1) is 14.9. The topological polar surface area (TPSA) is 78.5 Å². The average molecular weight is 442 g/mol. The molecule has 1 aliphatic rings. The smallest absolute Gasteiger partial charge is 0.262 e. The number of hydrogen-bond donors (Lipinski definition) is 2. The summed E-state index contributed by atoms with van der Waals surface area (Å²) in [5, 5.41) is 7.86. The van der Waals surface area contributed by atoms with Gasteiger partial charge < -0.3 is 15.5 Å². The number of carbonyl (C=O) groups is 3. The molecule has 31 heavy (non-hydrogen) atoms. The maximum atomic E-state index is 13.1. The Labute approximate surface area is 188 Å². The number of thiophene rings is 1. The molecule has 1 fully saturated rings. The number of carbonyl (C=O) groups excluding carboxylic acids is 3. The van der Waals surface area contributed by atoms with Crippen LogP contribution in [0.15, 0.2) is 47.8 Å². The zero-order valence-electron chi connectivity index (χ0n) is 18.2. The molecule has 0 spiro atoms. The normalized spacial score (nSPS) is 15.5. The Morgan fingerprint density at radius 3 is 2.39 bits per heavy atom. The van der Waals surface area contributed by atoms with Gasteiger partial charge in [-0.05, 0) is 42.2 Å². The van der Waals surface area contributed by atoms with Crippen LogP contribution in [0, 0.1) is 5.92 Å². The Morgan fingerprint density at radius 2 is 1.77 bits per heavy atom. The number of amides is 3. The predicted molar refractivity (Wildman–Crippen MR) is 123 cm³/mol. The van der Waals surface area contributed by atoms with Crippen molar-refractivity contribution in [2.75, 3.05) is 13.1 Å². The Bertz CT molecular complexity index is 859. The largest absolute Gasteiger partial charge is 0.353 e. The number of benzene rings is 1. The van der Waals surface area contributed by atoms with Crippen molar-refractivity contribution in [3.8, 4) is 0 Å². The summed E-state index contributed by atoms with van der Waals surface area (Å²) in [5.41, 5.74) is 1.15. The van der Waals surface area contributed by atoms with E-state index in [0.29, 0.717) is 24.4 Å². The third-order valence-corrected chi connectivity index (χ3v) is 6.49. The first kappa shape index (κ1) is 23.0. The molecule has 6 nitrogen and oxygen atoms in total. The summed E-state index contributed by atoms with van der Waals surface area (Å²) in [6.45, 7) is 5.05. The minimum atomic E-state index is -0.549. The zero-order chi connectivity index (χ0) is 22.2. The van der Waals surface area contributed by atoms with E-state index in [1.165, 1.54) is 11.3 Å². The first-order valence-corrected chi connectivity index (χ1v) is 11.8. The number of nitrogens with zero attached hydrogens (tertiary/aromatic N) is 1. The van der Waals surface area contributed by atoms with Crippen molar-refractivity contribution < 1.29 is 14.4 Å². The van der Waals surface area contributed by atoms with E-state index in [1.807, 2.05) is 60.5 Å². The van der Waals surface area contributed by atoms with E-state index in [0.717, 1.165) is 24.8 Å². The van der Waals surface area contributed by atoms with Gasteiger partial charge in [0.2, 0.25) is 11.8 Å². The molecule has 1 atom stereocenters. The van der Waals surface area contributed by atoms with Crippen molar-refractivity contribution in [1.29, 1.82) is 0 Å². The second-order valence-electron chi connectivity index (χ2n) is 8.33. The molecular weight excluding hydrogens is 410 g/mol. The standard InChI is InChI=1S/C24H31N3O3S/c1-17(2)22(26-23(29)20-9-6-16-31-20)24(30)27-14-12-19(13-15-27)25-21(28)11-10-18-7-4-3-5-8-18/h3-9,16-17,19,22H,10-15H2,1-2H3,(H,25,28)(H,26,29). The van der Waals surface area contributed by atoms with E-state index in [2.05, 4.69) is 10.6 Å². The van der Waals surface area contributed by atoms with Crippen LogP contribution in [0.1, 0.15) is 48.3 Å². The highest BCUT2D eigenvalue weighted by Gasteiger charge is 2.31. The molecule has 1 aliphatic heterocycles. The van der Waals surface area contributed by atoms with Crippen molar-refractivity contribution in [2.24, 2.45) is 5.92 Å². The van der Waals surface area contributed by atoms with E-state index in [-0.39, 0.29) is 29.7 Å². The second-order valence-corrected chi connectivity index (χ2v) is 9.27. The molecule has 1 aromatic carbocycles. The Hall–Kier alpha value is -2.67. The van der Waals surface area contributed by atoms with Gasteiger partial charge in [0.15, 0.2) is 0 Å². The fraction of sp³-hybridized carbons (Fsp3) is 0.458. The van der Waals surface area contributed by atoms with Crippen molar-refractivity contribution in [1.82, 2.24) is 15.5 Å². The fourth-order valence-corrected chi connectivity index (χ4v) is 4.40. The fourth-order valence-electron chi connectivity index (χ4n) is 3.78. The summed E-state index contributed by atoms with van der Waals surface area (Å²) in [4.78, 5) is 40.2. The third-order valence-electron chi connectivity index (χ3n) is 5.62. The number of aryl methyl sites for hydroxylation is 1. The molecule has 3 amide bonds. The molecule has 166 valence electrons. The number of hydrogen-bond acceptors (Lipinski definition) is 4. The van der Waals surface area contributed by atoms with Crippen LogP contribution >= 0.6 is 11.3 Å². The predicted octanol–water partition coefficient (Wildman–Crippen LogP) is 3.24. The molecule has 1 saturated heterocycles. The molecule has 2 heterocycles. The lowest BCUT2D eigenvalue weighted by Gasteiger charge is -2.35. The molecule has 2 N–H and O–H groups in total. The van der Waals surface area contributed by atoms with Gasteiger partial charge in [-0.2, -0.15) is 0 Å². The Kier molecular flexibility index (Phi) is 8.23. The maximum Gasteiger partial charge on any atom is 0.262 e. The lowest BCUT2D eigenvalue weighted by molar-refractivity contribution is -0.135. The molecule has 1 aromatic heterocycles. The molecule has 3 rings (SSSR count). The SMILES string of the molecule is CC(C)C(NC(=O)c1cccs1)C(=O)N1CCC(NC(=O)CCc2ccccc2)CC1. The van der Waals surface area contributed by atoms with Crippen LogP contribution in [-0.4, -0.2) is 47.8 Å². The van der Waals surface area contributed by atoms with Gasteiger partial charge in [0.25, 0.3) is 5.91 Å². The van der Waals surface area contributed by atoms with Gasteiger partial charge in [0.05, 0.1) is 4.88 Å². The average Bonchev–Trinajstić information content (AvgIpc) is 3.32. The number of likely N-dealkylation sites (tertiary alicyclic amines) is 1. The third kappa shape index (κ3) is 6.66. The number of rotatable bonds is 8. The molecule has 1 unspecified atom stereocenters. The van der Waals surface area contributed by atoms with E-state index in [4.69, 9.17) is 0 Å². The zero-order valence-corrected chi connectivity index (χ0v) is 19.0. The van der Waals surface area contributed by atoms with Crippen LogP contribution in [-0.2, 0) is 16.0 Å². The lowest BCUT2D eigenvalue weighted by atomic mass is 9.99. The molecular formula is C24H31N3O3S. The maximum absolute atomic E-state index is 13.1. The van der Waals surface area contributed by atoms with E-state index >= 15 is 0 Å². The van der Waals surface area contributed by atoms with Crippen LogP contribution in [0.25, 0.3) is 0 Å². The van der Waals surface area contributed by atoms with Crippen LogP contribution in [0.3, 0.4) is 0 Å². The molecule has 0 saturated carbocycles. The van der Waals surface area contributed by atoms with Gasteiger partial charge in [-0.3, -0.25) is 14.4 Å². The van der Waals surface area contributed by atoms with Gasteiger partial charge in [-0.15, -0.1) is 11.3 Å². The monoisotopic (exact) mass is 441 g/mol. The van der Waals surface area contributed by atoms with E-state index < -0.39 is 6.04 Å². The number of piperidine rings is 1. The van der Waals surface area contributed by atoms with Crippen LogP contribution in [0.4, 0.5) is 0 Å². The molecule has 0 bridgehead atoms. The minimum Gasteiger partial charge on any atom is -0.353 e. The summed E-state index contributed by atoms with van der Waals surface area (Å²) in [5.74, 6) is -0.208. The summed E-state index contributed by atoms with van der Waals surface area (Å²) in [6, 6.07) is 13.1. The summed E-state index contributed by atoms with van der Waals surface area (Å²) in [6.07, 6.45) is 2.65.